The fourth-order valence-electron chi connectivity index (χ4n) is 2.62. The standard InChI is InChI=1S/C15H18ClN5O2/c1-2-12-19-14(20-23-12)10-5-4-8-21(9-10)15(22)18-11-6-3-7-17-13(11)16/h3,6-7,10H,2,4-5,8-9H2,1H3,(H,18,22). The summed E-state index contributed by atoms with van der Waals surface area (Å²) in [6.07, 6.45) is 4.13. The van der Waals surface area contributed by atoms with Gasteiger partial charge in [-0.3, -0.25) is 0 Å². The molecule has 1 atom stereocenters. The Balaban J connectivity index is 1.66. The van der Waals surface area contributed by atoms with Crippen molar-refractivity contribution in [3.63, 3.8) is 0 Å². The van der Waals surface area contributed by atoms with Gasteiger partial charge in [0, 0.05) is 31.6 Å². The molecule has 0 bridgehead atoms. The summed E-state index contributed by atoms with van der Waals surface area (Å²) in [6, 6.07) is 3.26. The normalized spacial score (nSPS) is 18.0. The first kappa shape index (κ1) is 15.7. The highest BCUT2D eigenvalue weighted by Gasteiger charge is 2.28. The Morgan fingerprint density at radius 1 is 1.57 bits per heavy atom. The fraction of sp³-hybridized carbons (Fsp3) is 0.467. The molecule has 0 saturated carbocycles. The van der Waals surface area contributed by atoms with Crippen molar-refractivity contribution >= 4 is 23.3 Å². The van der Waals surface area contributed by atoms with Crippen molar-refractivity contribution in [1.29, 1.82) is 0 Å². The minimum absolute atomic E-state index is 0.0999. The first-order chi connectivity index (χ1) is 11.2. The molecule has 23 heavy (non-hydrogen) atoms. The number of likely N-dealkylation sites (tertiary alicyclic amines) is 1. The van der Waals surface area contributed by atoms with Crippen LogP contribution in [0.3, 0.4) is 0 Å². The van der Waals surface area contributed by atoms with Crippen molar-refractivity contribution < 1.29 is 9.32 Å². The number of aryl methyl sites for hydroxylation is 1. The van der Waals surface area contributed by atoms with Gasteiger partial charge < -0.3 is 14.7 Å². The van der Waals surface area contributed by atoms with Crippen molar-refractivity contribution in [1.82, 2.24) is 20.0 Å². The van der Waals surface area contributed by atoms with Gasteiger partial charge in [0.1, 0.15) is 0 Å². The van der Waals surface area contributed by atoms with Gasteiger partial charge in [-0.2, -0.15) is 4.98 Å². The number of carbonyl (C=O) groups is 1. The molecular formula is C15H18ClN5O2. The molecule has 1 fully saturated rings. The fourth-order valence-corrected chi connectivity index (χ4v) is 2.79. The minimum Gasteiger partial charge on any atom is -0.339 e. The lowest BCUT2D eigenvalue weighted by Crippen LogP contribution is -2.41. The van der Waals surface area contributed by atoms with E-state index in [0.29, 0.717) is 36.9 Å². The highest BCUT2D eigenvalue weighted by Crippen LogP contribution is 2.26. The van der Waals surface area contributed by atoms with Crippen molar-refractivity contribution in [3.8, 4) is 0 Å². The molecule has 1 aliphatic rings. The van der Waals surface area contributed by atoms with Gasteiger partial charge in [0.05, 0.1) is 5.69 Å². The average Bonchev–Trinajstić information content (AvgIpc) is 3.06. The number of halogens is 1. The molecule has 0 spiro atoms. The van der Waals surface area contributed by atoms with Gasteiger partial charge in [-0.15, -0.1) is 0 Å². The van der Waals surface area contributed by atoms with Crippen LogP contribution in [0.15, 0.2) is 22.9 Å². The largest absolute Gasteiger partial charge is 0.339 e. The Bertz CT molecular complexity index is 690. The second-order valence-corrected chi connectivity index (χ2v) is 5.81. The SMILES string of the molecule is CCc1nc(C2CCCN(C(=O)Nc3cccnc3Cl)C2)no1. The highest BCUT2D eigenvalue weighted by molar-refractivity contribution is 6.32. The zero-order chi connectivity index (χ0) is 16.2. The van der Waals surface area contributed by atoms with Gasteiger partial charge >= 0.3 is 6.03 Å². The van der Waals surface area contributed by atoms with Gasteiger partial charge in [0.2, 0.25) is 5.89 Å². The van der Waals surface area contributed by atoms with Crippen LogP contribution in [-0.4, -0.2) is 39.1 Å². The number of piperidine rings is 1. The summed E-state index contributed by atoms with van der Waals surface area (Å²) < 4.78 is 5.17. The van der Waals surface area contributed by atoms with E-state index in [9.17, 15) is 4.79 Å². The number of anilines is 1. The second-order valence-electron chi connectivity index (χ2n) is 5.46. The van der Waals surface area contributed by atoms with Gasteiger partial charge in [-0.05, 0) is 25.0 Å². The van der Waals surface area contributed by atoms with E-state index in [4.69, 9.17) is 16.1 Å². The van der Waals surface area contributed by atoms with Crippen molar-refractivity contribution in [2.75, 3.05) is 18.4 Å². The number of rotatable bonds is 3. The van der Waals surface area contributed by atoms with Crippen LogP contribution in [0.25, 0.3) is 0 Å². The monoisotopic (exact) mass is 335 g/mol. The molecule has 7 nitrogen and oxygen atoms in total. The lowest BCUT2D eigenvalue weighted by atomic mass is 9.97. The van der Waals surface area contributed by atoms with E-state index < -0.39 is 0 Å². The molecular weight excluding hydrogens is 318 g/mol. The summed E-state index contributed by atoms with van der Waals surface area (Å²) in [5, 5.41) is 7.10. The predicted molar refractivity (Wildman–Crippen MR) is 85.5 cm³/mol. The van der Waals surface area contributed by atoms with Gasteiger partial charge in [0.15, 0.2) is 11.0 Å². The van der Waals surface area contributed by atoms with Crippen LogP contribution >= 0.6 is 11.6 Å². The van der Waals surface area contributed by atoms with Crippen LogP contribution in [0.5, 0.6) is 0 Å². The molecule has 0 aromatic carbocycles. The van der Waals surface area contributed by atoms with Crippen LogP contribution in [-0.2, 0) is 6.42 Å². The zero-order valence-electron chi connectivity index (χ0n) is 12.8. The van der Waals surface area contributed by atoms with Crippen LogP contribution in [0.1, 0.15) is 37.4 Å². The molecule has 1 aliphatic heterocycles. The summed E-state index contributed by atoms with van der Waals surface area (Å²) in [7, 11) is 0. The number of pyridine rings is 1. The number of urea groups is 1. The molecule has 3 heterocycles. The Labute approximate surface area is 139 Å². The molecule has 0 aliphatic carbocycles. The average molecular weight is 336 g/mol. The minimum atomic E-state index is -0.191. The van der Waals surface area contributed by atoms with E-state index in [1.165, 1.54) is 0 Å². The maximum Gasteiger partial charge on any atom is 0.321 e. The van der Waals surface area contributed by atoms with E-state index in [2.05, 4.69) is 20.4 Å². The van der Waals surface area contributed by atoms with Crippen LogP contribution < -0.4 is 5.32 Å². The molecule has 1 N–H and O–H groups in total. The summed E-state index contributed by atoms with van der Waals surface area (Å²) >= 11 is 5.97. The van der Waals surface area contributed by atoms with Gasteiger partial charge in [-0.25, -0.2) is 9.78 Å². The second kappa shape index (κ2) is 6.95. The van der Waals surface area contributed by atoms with Crippen molar-refractivity contribution in [3.05, 3.63) is 35.2 Å². The quantitative estimate of drug-likeness (QED) is 0.871. The molecule has 1 saturated heterocycles. The number of amides is 2. The first-order valence-corrected chi connectivity index (χ1v) is 8.04. The Morgan fingerprint density at radius 2 is 2.43 bits per heavy atom. The van der Waals surface area contributed by atoms with E-state index in [-0.39, 0.29) is 17.1 Å². The van der Waals surface area contributed by atoms with Crippen molar-refractivity contribution in [2.45, 2.75) is 32.1 Å². The molecule has 8 heteroatoms. The van der Waals surface area contributed by atoms with Crippen LogP contribution in [0.4, 0.5) is 10.5 Å². The maximum atomic E-state index is 12.4. The summed E-state index contributed by atoms with van der Waals surface area (Å²) in [5.41, 5.74) is 0.508. The van der Waals surface area contributed by atoms with Gasteiger partial charge in [-0.1, -0.05) is 23.7 Å². The molecule has 0 radical (unpaired) electrons. The summed E-state index contributed by atoms with van der Waals surface area (Å²) in [5.74, 6) is 1.41. The molecule has 1 unspecified atom stereocenters. The van der Waals surface area contributed by atoms with Crippen LogP contribution in [0.2, 0.25) is 5.15 Å². The molecule has 122 valence electrons. The molecule has 2 aromatic rings. The maximum absolute atomic E-state index is 12.4. The number of nitrogens with one attached hydrogen (secondary N) is 1. The molecule has 2 aromatic heterocycles. The lowest BCUT2D eigenvalue weighted by Gasteiger charge is -2.31. The third-order valence-corrected chi connectivity index (χ3v) is 4.16. The Hall–Kier alpha value is -2.15. The van der Waals surface area contributed by atoms with E-state index in [1.807, 2.05) is 6.92 Å². The number of nitrogens with zero attached hydrogens (tertiary/aromatic N) is 4. The topological polar surface area (TPSA) is 84.2 Å². The van der Waals surface area contributed by atoms with Gasteiger partial charge in [0.25, 0.3) is 0 Å². The number of hydrogen-bond acceptors (Lipinski definition) is 5. The Kier molecular flexibility index (Phi) is 4.76. The van der Waals surface area contributed by atoms with E-state index >= 15 is 0 Å². The van der Waals surface area contributed by atoms with E-state index in [0.717, 1.165) is 12.8 Å². The Morgan fingerprint density at radius 3 is 3.17 bits per heavy atom. The summed E-state index contributed by atoms with van der Waals surface area (Å²) in [6.45, 7) is 3.22. The first-order valence-electron chi connectivity index (χ1n) is 7.66. The third kappa shape index (κ3) is 3.61. The zero-order valence-corrected chi connectivity index (χ0v) is 13.6. The smallest absolute Gasteiger partial charge is 0.321 e. The molecule has 3 rings (SSSR count). The lowest BCUT2D eigenvalue weighted by molar-refractivity contribution is 0.190. The highest BCUT2D eigenvalue weighted by atomic mass is 35.5. The number of aromatic nitrogens is 3. The third-order valence-electron chi connectivity index (χ3n) is 3.86. The molecule has 2 amide bonds. The predicted octanol–water partition coefficient (Wildman–Crippen LogP) is 3.09. The summed E-state index contributed by atoms with van der Waals surface area (Å²) in [4.78, 5) is 22.5. The number of carbonyl (C=O) groups excluding carboxylic acids is 1. The van der Waals surface area contributed by atoms with Crippen LogP contribution in [0, 0.1) is 0 Å². The van der Waals surface area contributed by atoms with Crippen molar-refractivity contribution in [2.24, 2.45) is 0 Å². The van der Waals surface area contributed by atoms with E-state index in [1.54, 1.807) is 23.2 Å². The number of hydrogen-bond donors (Lipinski definition) is 1.